The van der Waals surface area contributed by atoms with Crippen LogP contribution in [0.1, 0.15) is 113 Å². The number of imide groups is 1. The lowest BCUT2D eigenvalue weighted by Gasteiger charge is -2.31. The van der Waals surface area contributed by atoms with Crippen LogP contribution in [0.4, 0.5) is 18.9 Å². The number of alkyl halides is 3. The molecule has 0 radical (unpaired) electrons. The van der Waals surface area contributed by atoms with Gasteiger partial charge < -0.3 is 20.1 Å². The molecule has 0 unspecified atom stereocenters. The number of ketones is 1. The number of nitrogens with zero attached hydrogens (tertiary/aromatic N) is 4. The van der Waals surface area contributed by atoms with E-state index < -0.39 is 41.0 Å². The van der Waals surface area contributed by atoms with Crippen LogP contribution in [0.3, 0.4) is 0 Å². The molecule has 1 saturated carbocycles. The zero-order valence-electron chi connectivity index (χ0n) is 33.6. The maximum Gasteiger partial charge on any atom is 0.433 e. The topological polar surface area (TPSA) is 156 Å². The van der Waals surface area contributed by atoms with Crippen LogP contribution in [-0.2, 0) is 23.0 Å². The fraction of sp³-hybridized carbons (Fsp3) is 0.378. The van der Waals surface area contributed by atoms with Gasteiger partial charge in [-0.1, -0.05) is 30.7 Å². The van der Waals surface area contributed by atoms with Crippen LogP contribution in [0.25, 0.3) is 10.9 Å². The van der Waals surface area contributed by atoms with Crippen molar-refractivity contribution in [2.24, 2.45) is 5.92 Å². The Labute approximate surface area is 345 Å². The number of ether oxygens (including phenoxy) is 1. The number of fused-ring (bicyclic) bond motifs is 2. The van der Waals surface area contributed by atoms with Crippen molar-refractivity contribution in [2.75, 3.05) is 25.5 Å². The molecule has 60 heavy (non-hydrogen) atoms. The molecule has 0 atom stereocenters. The van der Waals surface area contributed by atoms with Crippen LogP contribution in [0.2, 0.25) is 0 Å². The second-order valence-corrected chi connectivity index (χ2v) is 16.3. The summed E-state index contributed by atoms with van der Waals surface area (Å²) in [5.41, 5.74) is -0.369. The van der Waals surface area contributed by atoms with Crippen molar-refractivity contribution >= 4 is 40.1 Å². The summed E-state index contributed by atoms with van der Waals surface area (Å²) in [5, 5.41) is 21.3. The molecular formula is C45H47F3N6O6. The molecule has 3 N–H and O–H groups in total. The Morgan fingerprint density at radius 3 is 2.40 bits per heavy atom. The van der Waals surface area contributed by atoms with Gasteiger partial charge in [-0.3, -0.25) is 29.2 Å². The van der Waals surface area contributed by atoms with Crippen molar-refractivity contribution in [2.45, 2.75) is 83.0 Å². The summed E-state index contributed by atoms with van der Waals surface area (Å²) >= 11 is 0. The van der Waals surface area contributed by atoms with Gasteiger partial charge in [0, 0.05) is 34.9 Å². The monoisotopic (exact) mass is 824 g/mol. The second kappa shape index (κ2) is 17.3. The average Bonchev–Trinajstić information content (AvgIpc) is 3.63. The summed E-state index contributed by atoms with van der Waals surface area (Å²) in [5.74, 6) is -1.88. The Hall–Kier alpha value is -5.93. The molecule has 5 aromatic rings. The fourth-order valence-corrected chi connectivity index (χ4v) is 8.04. The van der Waals surface area contributed by atoms with Gasteiger partial charge in [-0.05, 0) is 132 Å². The summed E-state index contributed by atoms with van der Waals surface area (Å²) in [6, 6.07) is 19.0. The molecule has 0 saturated heterocycles. The largest absolute Gasteiger partial charge is 0.457 e. The summed E-state index contributed by atoms with van der Waals surface area (Å²) in [6.07, 6.45) is 5.40. The highest BCUT2D eigenvalue weighted by Gasteiger charge is 2.34. The van der Waals surface area contributed by atoms with Crippen LogP contribution >= 0.6 is 0 Å². The van der Waals surface area contributed by atoms with E-state index in [-0.39, 0.29) is 34.3 Å². The predicted octanol–water partition coefficient (Wildman–Crippen LogP) is 8.25. The zero-order chi connectivity index (χ0) is 42.8. The van der Waals surface area contributed by atoms with Crippen molar-refractivity contribution < 1.29 is 42.2 Å². The lowest BCUT2D eigenvalue weighted by atomic mass is 9.86. The van der Waals surface area contributed by atoms with E-state index in [4.69, 9.17) is 9.84 Å². The van der Waals surface area contributed by atoms with Crippen LogP contribution in [0.5, 0.6) is 11.5 Å². The minimum Gasteiger partial charge on any atom is -0.457 e. The van der Waals surface area contributed by atoms with E-state index in [0.717, 1.165) is 82.0 Å². The smallest absolute Gasteiger partial charge is 0.433 e. The number of aromatic nitrogens is 3. The number of amides is 3. The van der Waals surface area contributed by atoms with Gasteiger partial charge in [-0.15, -0.1) is 0 Å². The molecule has 12 nitrogen and oxygen atoms in total. The molecule has 2 aromatic heterocycles. The Bertz CT molecular complexity index is 2420. The zero-order valence-corrected chi connectivity index (χ0v) is 33.6. The Morgan fingerprint density at radius 2 is 1.68 bits per heavy atom. The average molecular weight is 825 g/mol. The molecule has 3 aromatic carbocycles. The van der Waals surface area contributed by atoms with E-state index in [1.165, 1.54) is 17.7 Å². The summed E-state index contributed by atoms with van der Waals surface area (Å²) in [7, 11) is 2.17. The maximum atomic E-state index is 13.2. The van der Waals surface area contributed by atoms with Crippen LogP contribution in [0, 0.1) is 5.92 Å². The number of aliphatic hydroxyl groups is 1. The lowest BCUT2D eigenvalue weighted by molar-refractivity contribution is -0.141. The molecule has 2 aliphatic rings. The van der Waals surface area contributed by atoms with E-state index in [9.17, 15) is 37.5 Å². The van der Waals surface area contributed by atoms with Crippen molar-refractivity contribution in [3.63, 3.8) is 0 Å². The van der Waals surface area contributed by atoms with Crippen LogP contribution in [0.15, 0.2) is 79.0 Å². The summed E-state index contributed by atoms with van der Waals surface area (Å²) < 4.78 is 47.6. The van der Waals surface area contributed by atoms with Gasteiger partial charge in [0.1, 0.15) is 22.9 Å². The van der Waals surface area contributed by atoms with E-state index in [2.05, 4.69) is 27.6 Å². The number of carbonyl (C=O) groups excluding carboxylic acids is 4. The van der Waals surface area contributed by atoms with Crippen molar-refractivity contribution in [1.82, 2.24) is 25.0 Å². The summed E-state index contributed by atoms with van der Waals surface area (Å²) in [6.45, 7) is 5.17. The van der Waals surface area contributed by atoms with Gasteiger partial charge in [0.15, 0.2) is 0 Å². The quantitative estimate of drug-likeness (QED) is 0.0570. The molecular weight excluding hydrogens is 778 g/mol. The molecule has 0 spiro atoms. The molecule has 3 heterocycles. The molecule has 3 amide bonds. The number of nitrogens with one attached hydrogen (secondary N) is 2. The molecule has 0 bridgehead atoms. The number of hydrogen-bond donors (Lipinski definition) is 3. The first-order chi connectivity index (χ1) is 28.5. The van der Waals surface area contributed by atoms with Gasteiger partial charge in [-0.25, -0.2) is 4.98 Å². The minimum atomic E-state index is -4.69. The number of carbonyl (C=O) groups is 4. The number of unbranched alkanes of at least 4 members (excludes halogenated alkanes) is 2. The standard InChI is InChI=1S/C45H47F3N6O6/c1-44(2,59)33-24-35-29(23-36(33)50-41(56)34-11-8-13-38(49-34)45(46,47)48)26-54(52-35)30-18-14-28(15-19-30)25-53(3)22-6-4-5-9-27-16-20-31(21-17-27)60-37-12-7-10-32-39(37)42(57)51-43(58)40(32)55/h7-8,10-13,16-17,20-21,23-24,26,28,30,59H,4-6,9,14-15,18-19,22,25H2,1-3H3,(H,50,56)(H,51,57,58). The van der Waals surface area contributed by atoms with Gasteiger partial charge in [0.25, 0.3) is 23.5 Å². The number of rotatable bonds is 14. The number of hydrogen-bond acceptors (Lipinski definition) is 9. The van der Waals surface area contributed by atoms with Crippen molar-refractivity contribution in [1.29, 1.82) is 0 Å². The first-order valence-electron chi connectivity index (χ1n) is 20.1. The molecule has 1 aliphatic carbocycles. The first kappa shape index (κ1) is 42.2. The highest BCUT2D eigenvalue weighted by Crippen LogP contribution is 2.37. The number of aryl methyl sites for hydroxylation is 1. The minimum absolute atomic E-state index is 0.0332. The third-order valence-electron chi connectivity index (χ3n) is 11.2. The van der Waals surface area contributed by atoms with Gasteiger partial charge in [-0.2, -0.15) is 18.3 Å². The Kier molecular flexibility index (Phi) is 12.2. The van der Waals surface area contributed by atoms with Gasteiger partial charge in [0.05, 0.1) is 22.7 Å². The molecule has 314 valence electrons. The molecule has 7 rings (SSSR count). The second-order valence-electron chi connectivity index (χ2n) is 16.3. The number of benzene rings is 3. The van der Waals surface area contributed by atoms with E-state index >= 15 is 0 Å². The third-order valence-corrected chi connectivity index (χ3v) is 11.2. The Balaban J connectivity index is 0.855. The number of Topliss-reactive ketones (excluding diaryl/α,β-unsaturated/α-hetero) is 1. The third kappa shape index (κ3) is 9.74. The highest BCUT2D eigenvalue weighted by atomic mass is 19.4. The highest BCUT2D eigenvalue weighted by molar-refractivity contribution is 6.49. The SMILES string of the molecule is CN(CCCCCc1ccc(Oc2cccc3c2C(=O)NC(=O)C3=O)cc1)CC1CCC(n2cc3cc(NC(=O)c4cccc(C(F)(F)F)n4)c(C(C)(C)O)cc3n2)CC1. The van der Waals surface area contributed by atoms with E-state index in [0.29, 0.717) is 22.7 Å². The molecule has 15 heteroatoms. The number of anilines is 1. The number of halogens is 3. The number of pyridine rings is 1. The van der Waals surface area contributed by atoms with E-state index in [1.54, 1.807) is 38.1 Å². The van der Waals surface area contributed by atoms with Crippen LogP contribution in [-0.4, -0.2) is 68.4 Å². The van der Waals surface area contributed by atoms with Crippen molar-refractivity contribution in [3.05, 3.63) is 113 Å². The van der Waals surface area contributed by atoms with Crippen LogP contribution < -0.4 is 15.4 Å². The summed E-state index contributed by atoms with van der Waals surface area (Å²) in [4.78, 5) is 55.3. The first-order valence-corrected chi connectivity index (χ1v) is 20.1. The van der Waals surface area contributed by atoms with Gasteiger partial charge in [0.2, 0.25) is 0 Å². The van der Waals surface area contributed by atoms with Gasteiger partial charge >= 0.3 is 6.18 Å². The maximum absolute atomic E-state index is 13.2. The van der Waals surface area contributed by atoms with Crippen molar-refractivity contribution in [3.8, 4) is 11.5 Å². The Morgan fingerprint density at radius 1 is 0.950 bits per heavy atom. The fourth-order valence-electron chi connectivity index (χ4n) is 8.04. The van der Waals surface area contributed by atoms with E-state index in [1.807, 2.05) is 35.1 Å². The molecule has 1 aliphatic heterocycles. The predicted molar refractivity (Wildman–Crippen MR) is 218 cm³/mol. The molecule has 1 fully saturated rings. The normalized spacial score (nSPS) is 17.2. The lowest BCUT2D eigenvalue weighted by Crippen LogP contribution is -2.42.